The van der Waals surface area contributed by atoms with Gasteiger partial charge in [-0.05, 0) is 30.5 Å². The summed E-state index contributed by atoms with van der Waals surface area (Å²) in [5, 5.41) is 16.1. The van der Waals surface area contributed by atoms with E-state index in [2.05, 4.69) is 10.1 Å². The highest BCUT2D eigenvalue weighted by Crippen LogP contribution is 2.62. The first-order valence-electron chi connectivity index (χ1n) is 7.61. The molecule has 1 aromatic carbocycles. The van der Waals surface area contributed by atoms with Gasteiger partial charge in [-0.1, -0.05) is 36.6 Å². The molecule has 116 valence electrons. The van der Waals surface area contributed by atoms with E-state index in [1.54, 1.807) is 11.0 Å². The van der Waals surface area contributed by atoms with Crippen molar-refractivity contribution in [1.29, 1.82) is 0 Å². The van der Waals surface area contributed by atoms with Gasteiger partial charge in [-0.25, -0.2) is 9.67 Å². The molecule has 2 aliphatic rings. The molecule has 1 spiro atoms. The normalized spacial score (nSPS) is 34.0. The van der Waals surface area contributed by atoms with E-state index in [-0.39, 0.29) is 6.10 Å². The Balaban J connectivity index is 1.62. The predicted molar refractivity (Wildman–Crippen MR) is 81.4 cm³/mol. The highest BCUT2D eigenvalue weighted by atomic mass is 35.5. The monoisotopic (exact) mass is 319 g/mol. The first-order valence-corrected chi connectivity index (χ1v) is 7.99. The molecule has 1 saturated carbocycles. The van der Waals surface area contributed by atoms with Crippen LogP contribution in [0.2, 0.25) is 5.02 Å². The summed E-state index contributed by atoms with van der Waals surface area (Å²) in [6.45, 7) is 0.414. The summed E-state index contributed by atoms with van der Waals surface area (Å²) in [5.74, 6) is 0. The Labute approximate surface area is 133 Å². The van der Waals surface area contributed by atoms with Crippen LogP contribution in [0.5, 0.6) is 0 Å². The fraction of sp³-hybridized carbons (Fsp3) is 0.500. The molecule has 2 aromatic rings. The highest BCUT2D eigenvalue weighted by molar-refractivity contribution is 6.30. The first kappa shape index (κ1) is 14.2. The minimum atomic E-state index is -0.913. The number of epoxide rings is 1. The number of aromatic nitrogens is 3. The second kappa shape index (κ2) is 5.05. The van der Waals surface area contributed by atoms with Crippen LogP contribution in [0.1, 0.15) is 37.4 Å². The van der Waals surface area contributed by atoms with Gasteiger partial charge in [0.15, 0.2) is 0 Å². The van der Waals surface area contributed by atoms with Gasteiger partial charge in [-0.2, -0.15) is 5.10 Å². The molecule has 0 radical (unpaired) electrons. The lowest BCUT2D eigenvalue weighted by Gasteiger charge is -2.38. The minimum Gasteiger partial charge on any atom is -0.385 e. The van der Waals surface area contributed by atoms with Crippen molar-refractivity contribution in [3.05, 3.63) is 47.5 Å². The van der Waals surface area contributed by atoms with E-state index in [9.17, 15) is 5.11 Å². The summed E-state index contributed by atoms with van der Waals surface area (Å²) in [6, 6.07) is 7.69. The molecule has 1 aliphatic heterocycles. The number of ether oxygens (including phenoxy) is 1. The van der Waals surface area contributed by atoms with Crippen LogP contribution in [0.3, 0.4) is 0 Å². The summed E-state index contributed by atoms with van der Waals surface area (Å²) >= 11 is 5.96. The van der Waals surface area contributed by atoms with Crippen molar-refractivity contribution in [2.45, 2.75) is 49.5 Å². The van der Waals surface area contributed by atoms with Crippen LogP contribution in [-0.2, 0) is 11.3 Å². The number of rotatable bonds is 3. The molecule has 4 rings (SSSR count). The van der Waals surface area contributed by atoms with E-state index in [4.69, 9.17) is 16.3 Å². The van der Waals surface area contributed by atoms with Gasteiger partial charge in [0.05, 0.1) is 6.54 Å². The fourth-order valence-electron chi connectivity index (χ4n) is 3.74. The molecule has 1 aliphatic carbocycles. The SMILES string of the molecule is OC1(Cn2cncn2)CCCCC12OC2c1ccc(Cl)cc1. The molecule has 6 heteroatoms. The third kappa shape index (κ3) is 2.16. The molecule has 3 unspecified atom stereocenters. The van der Waals surface area contributed by atoms with Crippen LogP contribution >= 0.6 is 11.6 Å². The molecule has 1 aromatic heterocycles. The Bertz CT molecular complexity index is 661. The van der Waals surface area contributed by atoms with Gasteiger partial charge in [-0.15, -0.1) is 0 Å². The molecule has 2 heterocycles. The maximum Gasteiger partial charge on any atom is 0.137 e. The van der Waals surface area contributed by atoms with Gasteiger partial charge in [0.2, 0.25) is 0 Å². The predicted octanol–water partition coefficient (Wildman–Crippen LogP) is 2.75. The number of hydrogen-bond acceptors (Lipinski definition) is 4. The number of aliphatic hydroxyl groups is 1. The van der Waals surface area contributed by atoms with E-state index in [1.165, 1.54) is 6.33 Å². The lowest BCUT2D eigenvalue weighted by atomic mass is 9.72. The largest absolute Gasteiger partial charge is 0.385 e. The van der Waals surface area contributed by atoms with Crippen molar-refractivity contribution in [2.24, 2.45) is 0 Å². The smallest absolute Gasteiger partial charge is 0.137 e. The van der Waals surface area contributed by atoms with Crippen LogP contribution in [-0.4, -0.2) is 31.1 Å². The van der Waals surface area contributed by atoms with Crippen LogP contribution in [0.15, 0.2) is 36.9 Å². The van der Waals surface area contributed by atoms with Gasteiger partial charge in [0.1, 0.15) is 30.0 Å². The second-order valence-corrected chi connectivity index (χ2v) is 6.71. The molecular weight excluding hydrogens is 302 g/mol. The van der Waals surface area contributed by atoms with Gasteiger partial charge in [0, 0.05) is 5.02 Å². The standard InChI is InChI=1S/C16H18ClN3O2/c17-13-5-3-12(4-6-13)14-16(22-14)8-2-1-7-15(16,21)9-20-11-18-10-19-20/h3-6,10-11,14,21H,1-2,7-9H2. The number of benzene rings is 1. The maximum atomic E-state index is 11.3. The summed E-state index contributed by atoms with van der Waals surface area (Å²) < 4.78 is 7.77. The molecule has 1 N–H and O–H groups in total. The maximum absolute atomic E-state index is 11.3. The van der Waals surface area contributed by atoms with Crippen molar-refractivity contribution < 1.29 is 9.84 Å². The number of hydrogen-bond donors (Lipinski definition) is 1. The average Bonchev–Trinajstić information content (AvgIpc) is 3.01. The summed E-state index contributed by atoms with van der Waals surface area (Å²) in [4.78, 5) is 3.96. The molecule has 0 amide bonds. The molecule has 3 atom stereocenters. The summed E-state index contributed by atoms with van der Waals surface area (Å²) in [5.41, 5.74) is -0.350. The Kier molecular flexibility index (Phi) is 3.25. The quantitative estimate of drug-likeness (QED) is 0.884. The van der Waals surface area contributed by atoms with Gasteiger partial charge >= 0.3 is 0 Å². The Morgan fingerprint density at radius 2 is 2.05 bits per heavy atom. The number of nitrogens with zero attached hydrogens (tertiary/aromatic N) is 3. The average molecular weight is 320 g/mol. The topological polar surface area (TPSA) is 63.5 Å². The lowest BCUT2D eigenvalue weighted by Crippen LogP contribution is -2.51. The fourth-order valence-corrected chi connectivity index (χ4v) is 3.87. The van der Waals surface area contributed by atoms with Crippen molar-refractivity contribution in [3.63, 3.8) is 0 Å². The third-order valence-corrected chi connectivity index (χ3v) is 5.19. The van der Waals surface area contributed by atoms with Crippen LogP contribution in [0.4, 0.5) is 0 Å². The van der Waals surface area contributed by atoms with E-state index >= 15 is 0 Å². The Morgan fingerprint density at radius 3 is 2.77 bits per heavy atom. The molecule has 0 bridgehead atoms. The van der Waals surface area contributed by atoms with Crippen molar-refractivity contribution in [2.75, 3.05) is 0 Å². The Morgan fingerprint density at radius 1 is 1.27 bits per heavy atom. The van der Waals surface area contributed by atoms with Crippen molar-refractivity contribution in [1.82, 2.24) is 14.8 Å². The zero-order valence-electron chi connectivity index (χ0n) is 12.2. The second-order valence-electron chi connectivity index (χ2n) is 6.27. The van der Waals surface area contributed by atoms with Crippen LogP contribution in [0.25, 0.3) is 0 Å². The molecule has 22 heavy (non-hydrogen) atoms. The zero-order chi connectivity index (χ0) is 15.2. The van der Waals surface area contributed by atoms with Gasteiger partial charge in [0.25, 0.3) is 0 Å². The van der Waals surface area contributed by atoms with E-state index in [0.29, 0.717) is 11.6 Å². The molecule has 5 nitrogen and oxygen atoms in total. The van der Waals surface area contributed by atoms with E-state index in [1.807, 2.05) is 24.3 Å². The molecule has 2 fully saturated rings. The van der Waals surface area contributed by atoms with Gasteiger partial charge in [-0.3, -0.25) is 0 Å². The van der Waals surface area contributed by atoms with Crippen LogP contribution < -0.4 is 0 Å². The minimum absolute atomic E-state index is 0.0708. The third-order valence-electron chi connectivity index (χ3n) is 4.93. The summed E-state index contributed by atoms with van der Waals surface area (Å²) in [6.07, 6.45) is 6.72. The number of halogens is 1. The zero-order valence-corrected chi connectivity index (χ0v) is 12.9. The van der Waals surface area contributed by atoms with E-state index in [0.717, 1.165) is 31.2 Å². The van der Waals surface area contributed by atoms with Crippen molar-refractivity contribution >= 4 is 11.6 Å². The molecular formula is C16H18ClN3O2. The molecule has 1 saturated heterocycles. The summed E-state index contributed by atoms with van der Waals surface area (Å²) in [7, 11) is 0. The first-order chi connectivity index (χ1) is 10.6. The van der Waals surface area contributed by atoms with Crippen molar-refractivity contribution in [3.8, 4) is 0 Å². The Hall–Kier alpha value is -1.43. The van der Waals surface area contributed by atoms with E-state index < -0.39 is 11.2 Å². The lowest BCUT2D eigenvalue weighted by molar-refractivity contribution is -0.0802. The highest BCUT2D eigenvalue weighted by Gasteiger charge is 2.69. The van der Waals surface area contributed by atoms with Gasteiger partial charge < -0.3 is 9.84 Å². The van der Waals surface area contributed by atoms with Crippen LogP contribution in [0, 0.1) is 0 Å².